The van der Waals surface area contributed by atoms with E-state index in [0.717, 1.165) is 38.4 Å². The first-order chi connectivity index (χ1) is 17.9. The standard InChI is InChI=1S/C25H25N3O.C4H4O4/c29-25-13-7-6-12-24(25)27-16-14-26(15-17-27)18-20-19-28(21-8-2-1-3-9-21)23-11-5-4-10-22(20)23;5-3(6)1-2-4(7)8/h1-13,19,29H,14-18H2;1-2H,(H,5,6)(H,7,8)/b;2-1+. The van der Waals surface area contributed by atoms with Crippen LogP contribution >= 0.6 is 0 Å². The van der Waals surface area contributed by atoms with E-state index in [1.165, 1.54) is 22.2 Å². The lowest BCUT2D eigenvalue weighted by Crippen LogP contribution is -2.45. The second kappa shape index (κ2) is 11.9. The number of piperazine rings is 1. The third kappa shape index (κ3) is 6.56. The Morgan fingerprint density at radius 1 is 0.757 bits per heavy atom. The number of hydrogen-bond acceptors (Lipinski definition) is 5. The fourth-order valence-electron chi connectivity index (χ4n) is 4.44. The summed E-state index contributed by atoms with van der Waals surface area (Å²) in [5.74, 6) is -2.15. The fraction of sp³-hybridized carbons (Fsp3) is 0.172. The van der Waals surface area contributed by atoms with Crippen molar-refractivity contribution in [2.45, 2.75) is 6.54 Å². The van der Waals surface area contributed by atoms with Crippen LogP contribution in [0.4, 0.5) is 5.69 Å². The smallest absolute Gasteiger partial charge is 0.328 e. The van der Waals surface area contributed by atoms with Gasteiger partial charge >= 0.3 is 11.9 Å². The topological polar surface area (TPSA) is 106 Å². The maximum absolute atomic E-state index is 10.1. The molecule has 3 N–H and O–H groups in total. The summed E-state index contributed by atoms with van der Waals surface area (Å²) in [6.45, 7) is 4.76. The van der Waals surface area contributed by atoms with Crippen molar-refractivity contribution in [3.05, 3.63) is 103 Å². The van der Waals surface area contributed by atoms with Gasteiger partial charge in [-0.2, -0.15) is 0 Å². The first-order valence-corrected chi connectivity index (χ1v) is 12.0. The van der Waals surface area contributed by atoms with E-state index in [2.05, 4.69) is 75.2 Å². The Morgan fingerprint density at radius 2 is 1.35 bits per heavy atom. The molecule has 0 aliphatic carbocycles. The summed E-state index contributed by atoms with van der Waals surface area (Å²) in [7, 11) is 0. The van der Waals surface area contributed by atoms with Gasteiger partial charge in [0.2, 0.25) is 0 Å². The Balaban J connectivity index is 0.000000349. The number of anilines is 1. The summed E-state index contributed by atoms with van der Waals surface area (Å²) in [6.07, 6.45) is 3.40. The van der Waals surface area contributed by atoms with Crippen LogP contribution < -0.4 is 4.90 Å². The van der Waals surface area contributed by atoms with Crippen LogP contribution in [0.2, 0.25) is 0 Å². The minimum Gasteiger partial charge on any atom is -0.506 e. The zero-order valence-electron chi connectivity index (χ0n) is 20.3. The minimum absolute atomic E-state index is 0.367. The Kier molecular flexibility index (Phi) is 8.22. The van der Waals surface area contributed by atoms with Crippen molar-refractivity contribution in [3.8, 4) is 11.4 Å². The van der Waals surface area contributed by atoms with Gasteiger partial charge in [-0.15, -0.1) is 0 Å². The van der Waals surface area contributed by atoms with Crippen molar-refractivity contribution in [1.29, 1.82) is 0 Å². The normalized spacial score (nSPS) is 13.9. The summed E-state index contributed by atoms with van der Waals surface area (Å²) < 4.78 is 2.29. The number of carbonyl (C=O) groups is 2. The fourth-order valence-corrected chi connectivity index (χ4v) is 4.44. The molecule has 1 aromatic heterocycles. The highest BCUT2D eigenvalue weighted by molar-refractivity contribution is 5.89. The number of rotatable bonds is 6. The molecular formula is C29H29N3O5. The number of hydrogen-bond donors (Lipinski definition) is 3. The second-order valence-electron chi connectivity index (χ2n) is 8.64. The van der Waals surface area contributed by atoms with Gasteiger partial charge in [0.25, 0.3) is 0 Å². The van der Waals surface area contributed by atoms with Crippen molar-refractivity contribution in [2.24, 2.45) is 0 Å². The number of phenolic OH excluding ortho intramolecular Hbond substituents is 1. The number of para-hydroxylation sites is 4. The Morgan fingerprint density at radius 3 is 2.00 bits per heavy atom. The molecule has 0 amide bonds. The zero-order chi connectivity index (χ0) is 26.2. The summed E-state index contributed by atoms with van der Waals surface area (Å²) in [5, 5.41) is 27.1. The first-order valence-electron chi connectivity index (χ1n) is 12.0. The number of fused-ring (bicyclic) bond motifs is 1. The van der Waals surface area contributed by atoms with Gasteiger partial charge in [0.1, 0.15) is 5.75 Å². The number of phenols is 1. The average Bonchev–Trinajstić information content (AvgIpc) is 3.28. The minimum atomic E-state index is -1.26. The Labute approximate surface area is 214 Å². The molecule has 0 unspecified atom stereocenters. The van der Waals surface area contributed by atoms with Crippen LogP contribution in [0.3, 0.4) is 0 Å². The van der Waals surface area contributed by atoms with Crippen LogP contribution in [-0.2, 0) is 16.1 Å². The largest absolute Gasteiger partial charge is 0.506 e. The monoisotopic (exact) mass is 499 g/mol. The maximum atomic E-state index is 10.1. The molecule has 5 rings (SSSR count). The highest BCUT2D eigenvalue weighted by Crippen LogP contribution is 2.29. The molecule has 1 fully saturated rings. The first kappa shape index (κ1) is 25.5. The zero-order valence-corrected chi connectivity index (χ0v) is 20.3. The van der Waals surface area contributed by atoms with Crippen LogP contribution in [0.5, 0.6) is 5.75 Å². The van der Waals surface area contributed by atoms with Gasteiger partial charge in [-0.1, -0.05) is 48.5 Å². The summed E-state index contributed by atoms with van der Waals surface area (Å²) in [6, 6.07) is 26.8. The van der Waals surface area contributed by atoms with Crippen molar-refractivity contribution in [1.82, 2.24) is 9.47 Å². The van der Waals surface area contributed by atoms with E-state index in [-0.39, 0.29) is 0 Å². The van der Waals surface area contributed by atoms with Crippen LogP contribution in [0.25, 0.3) is 16.6 Å². The molecule has 1 saturated heterocycles. The van der Waals surface area contributed by atoms with Crippen LogP contribution in [0.15, 0.2) is 97.2 Å². The molecule has 3 aromatic carbocycles. The van der Waals surface area contributed by atoms with E-state index in [4.69, 9.17) is 10.2 Å². The molecule has 8 nitrogen and oxygen atoms in total. The molecule has 8 heteroatoms. The van der Waals surface area contributed by atoms with Crippen molar-refractivity contribution >= 4 is 28.5 Å². The van der Waals surface area contributed by atoms with Crippen LogP contribution in [-0.4, -0.2) is 62.9 Å². The summed E-state index contributed by atoms with van der Waals surface area (Å²) in [4.78, 5) is 23.9. The lowest BCUT2D eigenvalue weighted by molar-refractivity contribution is -0.134. The predicted octanol–water partition coefficient (Wildman–Crippen LogP) is 4.37. The Bertz CT molecular complexity index is 1370. The molecule has 4 aromatic rings. The molecular weight excluding hydrogens is 470 g/mol. The molecule has 37 heavy (non-hydrogen) atoms. The molecule has 0 radical (unpaired) electrons. The summed E-state index contributed by atoms with van der Waals surface area (Å²) >= 11 is 0. The van der Waals surface area contributed by atoms with Crippen LogP contribution in [0, 0.1) is 0 Å². The molecule has 0 spiro atoms. The van der Waals surface area contributed by atoms with Gasteiger partial charge in [-0.05, 0) is 35.9 Å². The number of carboxylic acid groups (broad SMARTS) is 2. The second-order valence-corrected chi connectivity index (χ2v) is 8.64. The molecule has 1 aliphatic heterocycles. The van der Waals surface area contributed by atoms with Gasteiger partial charge in [0.05, 0.1) is 11.2 Å². The Hall–Kier alpha value is -4.56. The van der Waals surface area contributed by atoms with E-state index < -0.39 is 11.9 Å². The molecule has 0 atom stereocenters. The highest BCUT2D eigenvalue weighted by Gasteiger charge is 2.20. The third-order valence-corrected chi connectivity index (χ3v) is 6.19. The number of aromatic hydroxyl groups is 1. The number of nitrogens with zero attached hydrogens (tertiary/aromatic N) is 3. The van der Waals surface area contributed by atoms with E-state index in [1.807, 2.05) is 18.2 Å². The number of benzene rings is 3. The lowest BCUT2D eigenvalue weighted by atomic mass is 10.1. The highest BCUT2D eigenvalue weighted by atomic mass is 16.4. The predicted molar refractivity (Wildman–Crippen MR) is 143 cm³/mol. The van der Waals surface area contributed by atoms with Gasteiger partial charge in [0, 0.05) is 62.1 Å². The SMILES string of the molecule is O=C(O)/C=C/C(=O)O.Oc1ccccc1N1CCN(Cc2cn(-c3ccccc3)c3ccccc23)CC1. The van der Waals surface area contributed by atoms with Gasteiger partial charge in [-0.25, -0.2) is 9.59 Å². The summed E-state index contributed by atoms with van der Waals surface area (Å²) in [5.41, 5.74) is 4.74. The van der Waals surface area contributed by atoms with Crippen molar-refractivity contribution in [2.75, 3.05) is 31.1 Å². The van der Waals surface area contributed by atoms with Gasteiger partial charge < -0.3 is 24.8 Å². The number of carboxylic acids is 2. The van der Waals surface area contributed by atoms with E-state index >= 15 is 0 Å². The third-order valence-electron chi connectivity index (χ3n) is 6.19. The van der Waals surface area contributed by atoms with Crippen molar-refractivity contribution in [3.63, 3.8) is 0 Å². The molecule has 0 bridgehead atoms. The van der Waals surface area contributed by atoms with Gasteiger partial charge in [-0.3, -0.25) is 4.90 Å². The molecule has 2 heterocycles. The van der Waals surface area contributed by atoms with E-state index in [1.54, 1.807) is 6.07 Å². The molecule has 0 saturated carbocycles. The maximum Gasteiger partial charge on any atom is 0.328 e. The quantitative estimate of drug-likeness (QED) is 0.338. The van der Waals surface area contributed by atoms with Crippen LogP contribution in [0.1, 0.15) is 5.56 Å². The average molecular weight is 500 g/mol. The number of aliphatic carboxylic acids is 2. The lowest BCUT2D eigenvalue weighted by Gasteiger charge is -2.36. The number of aromatic nitrogens is 1. The van der Waals surface area contributed by atoms with E-state index in [9.17, 15) is 14.7 Å². The van der Waals surface area contributed by atoms with Gasteiger partial charge in [0.15, 0.2) is 0 Å². The molecule has 190 valence electrons. The van der Waals surface area contributed by atoms with Crippen molar-refractivity contribution < 1.29 is 24.9 Å². The molecule has 1 aliphatic rings. The van der Waals surface area contributed by atoms with E-state index in [0.29, 0.717) is 17.9 Å².